The number of carbonyl (C=O) groups is 2. The van der Waals surface area contributed by atoms with Crippen LogP contribution in [0.3, 0.4) is 0 Å². The first-order chi connectivity index (χ1) is 16.4. The maximum atomic E-state index is 11.6. The minimum absolute atomic E-state index is 0.133. The van der Waals surface area contributed by atoms with Crippen molar-refractivity contribution in [1.29, 1.82) is 0 Å². The molecule has 0 unspecified atom stereocenters. The predicted octanol–water partition coefficient (Wildman–Crippen LogP) is 1.95. The van der Waals surface area contributed by atoms with Gasteiger partial charge in [0.05, 0.1) is 25.0 Å². The molecular formula is C23H31N7O4. The molecule has 0 spiro atoms. The van der Waals surface area contributed by atoms with Crippen molar-refractivity contribution in [3.8, 4) is 17.1 Å². The monoisotopic (exact) mass is 469 g/mol. The Morgan fingerprint density at radius 1 is 1.18 bits per heavy atom. The number of carbonyl (C=O) groups excluding carboxylic acids is 2. The highest BCUT2D eigenvalue weighted by molar-refractivity contribution is 6.04. The van der Waals surface area contributed by atoms with Gasteiger partial charge in [-0.3, -0.25) is 9.59 Å². The van der Waals surface area contributed by atoms with E-state index in [2.05, 4.69) is 20.4 Å². The van der Waals surface area contributed by atoms with Gasteiger partial charge in [0.25, 0.3) is 5.91 Å². The summed E-state index contributed by atoms with van der Waals surface area (Å²) in [4.78, 5) is 30.8. The van der Waals surface area contributed by atoms with Gasteiger partial charge in [-0.25, -0.2) is 14.5 Å². The number of anilines is 1. The van der Waals surface area contributed by atoms with E-state index in [-0.39, 0.29) is 17.3 Å². The third kappa shape index (κ3) is 6.19. The fourth-order valence-electron chi connectivity index (χ4n) is 3.88. The van der Waals surface area contributed by atoms with Crippen molar-refractivity contribution in [2.75, 3.05) is 26.6 Å². The number of nitrogens with two attached hydrogens (primary N) is 2. The highest BCUT2D eigenvalue weighted by atomic mass is 16.5. The summed E-state index contributed by atoms with van der Waals surface area (Å²) in [6.45, 7) is 0.526. The van der Waals surface area contributed by atoms with Gasteiger partial charge < -0.3 is 26.3 Å². The average molecular weight is 470 g/mol. The highest BCUT2D eigenvalue weighted by Gasteiger charge is 2.18. The number of ether oxygens (including phenoxy) is 2. The molecule has 1 aliphatic rings. The fourth-order valence-corrected chi connectivity index (χ4v) is 3.88. The molecule has 1 saturated carbocycles. The number of nitrogens with one attached hydrogen (secondary N) is 1. The number of primary amides is 1. The van der Waals surface area contributed by atoms with Crippen LogP contribution >= 0.6 is 0 Å². The van der Waals surface area contributed by atoms with E-state index in [4.69, 9.17) is 20.9 Å². The number of pyridine rings is 1. The first-order valence-electron chi connectivity index (χ1n) is 11.1. The zero-order valence-corrected chi connectivity index (χ0v) is 19.5. The van der Waals surface area contributed by atoms with Gasteiger partial charge in [0.2, 0.25) is 11.8 Å². The van der Waals surface area contributed by atoms with E-state index in [0.717, 1.165) is 18.4 Å². The molecule has 4 rings (SSSR count). The van der Waals surface area contributed by atoms with E-state index in [1.807, 2.05) is 0 Å². The van der Waals surface area contributed by atoms with Crippen LogP contribution in [0.4, 0.5) is 5.82 Å². The van der Waals surface area contributed by atoms with E-state index in [1.54, 1.807) is 31.5 Å². The van der Waals surface area contributed by atoms with E-state index >= 15 is 0 Å². The maximum absolute atomic E-state index is 11.6. The van der Waals surface area contributed by atoms with Gasteiger partial charge in [0.15, 0.2) is 5.82 Å². The molecule has 1 aliphatic carbocycles. The highest BCUT2D eigenvalue weighted by Crippen LogP contribution is 2.28. The molecule has 0 bridgehead atoms. The van der Waals surface area contributed by atoms with Crippen LogP contribution in [0.5, 0.6) is 5.88 Å². The normalized spacial score (nSPS) is 13.7. The lowest BCUT2D eigenvalue weighted by Crippen LogP contribution is -2.36. The maximum Gasteiger partial charge on any atom is 0.251 e. The number of hydrogen-bond acceptors (Lipinski definition) is 8. The molecule has 11 heteroatoms. The van der Waals surface area contributed by atoms with Crippen molar-refractivity contribution in [1.82, 2.24) is 24.9 Å². The molecule has 0 aliphatic heterocycles. The number of methoxy groups -OCH3 is 2. The Bertz CT molecular complexity index is 1130. The van der Waals surface area contributed by atoms with E-state index in [9.17, 15) is 9.59 Å². The molecule has 3 aromatic rings. The van der Waals surface area contributed by atoms with Crippen LogP contribution < -0.4 is 21.5 Å². The summed E-state index contributed by atoms with van der Waals surface area (Å²) in [6.07, 6.45) is 9.55. The Labute approximate surface area is 197 Å². The van der Waals surface area contributed by atoms with Gasteiger partial charge in [0.1, 0.15) is 11.8 Å². The molecule has 34 heavy (non-hydrogen) atoms. The molecule has 11 nitrogen and oxygen atoms in total. The van der Waals surface area contributed by atoms with Crippen molar-refractivity contribution in [2.45, 2.75) is 44.6 Å². The van der Waals surface area contributed by atoms with Crippen molar-refractivity contribution in [3.05, 3.63) is 36.3 Å². The number of rotatable bonds is 7. The zero-order chi connectivity index (χ0) is 24.5. The van der Waals surface area contributed by atoms with Crippen LogP contribution in [-0.2, 0) is 9.53 Å². The van der Waals surface area contributed by atoms with E-state index in [0.29, 0.717) is 36.2 Å². The standard InChI is InChI=1S/C13H12N6O2.C10H19NO2/c1-21-10-4-7(2-3-16-10)9-5-8(13(15)20)11-12(14)17-6-18-19(9)11;1-13-8-7-10(12)11-9-5-3-2-4-6-9/h2-6H,1H3,(H2,15,20)(H2,14,17,18);9H,2-8H2,1H3,(H,11,12). The van der Waals surface area contributed by atoms with Gasteiger partial charge in [-0.2, -0.15) is 5.10 Å². The minimum atomic E-state index is -0.596. The molecule has 0 radical (unpaired) electrons. The van der Waals surface area contributed by atoms with Crippen LogP contribution in [0.15, 0.2) is 30.7 Å². The van der Waals surface area contributed by atoms with Crippen LogP contribution in [0, 0.1) is 0 Å². The van der Waals surface area contributed by atoms with Crippen LogP contribution in [0.1, 0.15) is 48.9 Å². The molecule has 0 atom stereocenters. The van der Waals surface area contributed by atoms with Crippen molar-refractivity contribution < 1.29 is 19.1 Å². The molecule has 5 N–H and O–H groups in total. The Balaban J connectivity index is 0.000000215. The summed E-state index contributed by atoms with van der Waals surface area (Å²) in [5.41, 5.74) is 13.3. The SMILES string of the molecule is COCCC(=O)NC1CCCCC1.COc1cc(-c2cc(C(N)=O)c3c(N)ncnn23)ccn1. The average Bonchev–Trinajstić information content (AvgIpc) is 3.25. The molecule has 1 fully saturated rings. The smallest absolute Gasteiger partial charge is 0.251 e. The number of aromatic nitrogens is 4. The van der Waals surface area contributed by atoms with Crippen molar-refractivity contribution in [3.63, 3.8) is 0 Å². The van der Waals surface area contributed by atoms with Gasteiger partial charge in [-0.15, -0.1) is 0 Å². The summed E-state index contributed by atoms with van der Waals surface area (Å²) >= 11 is 0. The molecule has 0 saturated heterocycles. The van der Waals surface area contributed by atoms with Gasteiger partial charge in [-0.05, 0) is 25.0 Å². The Hall–Kier alpha value is -3.73. The summed E-state index contributed by atoms with van der Waals surface area (Å²) in [5, 5.41) is 7.17. The first-order valence-corrected chi connectivity index (χ1v) is 11.1. The van der Waals surface area contributed by atoms with Gasteiger partial charge in [0, 0.05) is 37.4 Å². The number of nitrogens with zero attached hydrogens (tertiary/aromatic N) is 4. The van der Waals surface area contributed by atoms with Gasteiger partial charge >= 0.3 is 0 Å². The molecule has 3 aromatic heterocycles. The second kappa shape index (κ2) is 11.9. The summed E-state index contributed by atoms with van der Waals surface area (Å²) in [5.74, 6) is 0.172. The summed E-state index contributed by atoms with van der Waals surface area (Å²) < 4.78 is 11.5. The van der Waals surface area contributed by atoms with Crippen LogP contribution in [-0.4, -0.2) is 58.3 Å². The summed E-state index contributed by atoms with van der Waals surface area (Å²) in [7, 11) is 3.14. The Kier molecular flexibility index (Phi) is 8.74. The molecule has 3 heterocycles. The van der Waals surface area contributed by atoms with E-state index in [1.165, 1.54) is 37.2 Å². The topological polar surface area (TPSA) is 160 Å². The molecule has 0 aromatic carbocycles. The molecule has 2 amide bonds. The number of hydrogen-bond donors (Lipinski definition) is 3. The third-order valence-electron chi connectivity index (χ3n) is 5.59. The number of nitrogen functional groups attached to an aromatic ring is 1. The molecule has 182 valence electrons. The second-order valence-electron chi connectivity index (χ2n) is 7.95. The molecular weight excluding hydrogens is 438 g/mol. The van der Waals surface area contributed by atoms with E-state index < -0.39 is 5.91 Å². The minimum Gasteiger partial charge on any atom is -0.481 e. The lowest BCUT2D eigenvalue weighted by molar-refractivity contribution is -0.122. The Morgan fingerprint density at radius 3 is 2.62 bits per heavy atom. The Morgan fingerprint density at radius 2 is 1.94 bits per heavy atom. The quantitative estimate of drug-likeness (QED) is 0.473. The largest absolute Gasteiger partial charge is 0.481 e. The van der Waals surface area contributed by atoms with Crippen molar-refractivity contribution in [2.24, 2.45) is 5.73 Å². The zero-order valence-electron chi connectivity index (χ0n) is 19.5. The van der Waals surface area contributed by atoms with Gasteiger partial charge in [-0.1, -0.05) is 19.3 Å². The second-order valence-corrected chi connectivity index (χ2v) is 7.95. The van der Waals surface area contributed by atoms with Crippen LogP contribution in [0.25, 0.3) is 16.8 Å². The number of fused-ring (bicyclic) bond motifs is 1. The lowest BCUT2D eigenvalue weighted by atomic mass is 9.95. The fraction of sp³-hybridized carbons (Fsp3) is 0.435. The summed E-state index contributed by atoms with van der Waals surface area (Å²) in [6, 6.07) is 5.55. The van der Waals surface area contributed by atoms with Crippen molar-refractivity contribution >= 4 is 23.1 Å². The lowest BCUT2D eigenvalue weighted by Gasteiger charge is -2.22. The number of amides is 2. The van der Waals surface area contributed by atoms with Crippen LogP contribution in [0.2, 0.25) is 0 Å². The first kappa shape index (κ1) is 24.9. The predicted molar refractivity (Wildman–Crippen MR) is 127 cm³/mol. The third-order valence-corrected chi connectivity index (χ3v) is 5.59.